The van der Waals surface area contributed by atoms with Gasteiger partial charge in [-0.25, -0.2) is 4.99 Å². The molecule has 0 saturated heterocycles. The van der Waals surface area contributed by atoms with Gasteiger partial charge in [0, 0.05) is 13.1 Å². The fourth-order valence-corrected chi connectivity index (χ4v) is 2.78. The number of benzene rings is 2. The lowest BCUT2D eigenvalue weighted by atomic mass is 10.1. The highest BCUT2D eigenvalue weighted by atomic mass is 16.5. The average molecular weight is 429 g/mol. The van der Waals surface area contributed by atoms with Crippen LogP contribution in [-0.4, -0.2) is 42.8 Å². The Morgan fingerprint density at radius 2 is 1.87 bits per heavy atom. The van der Waals surface area contributed by atoms with E-state index in [0.717, 1.165) is 16.9 Å². The van der Waals surface area contributed by atoms with Crippen LogP contribution in [0.3, 0.4) is 0 Å². The van der Waals surface area contributed by atoms with Gasteiger partial charge in [-0.1, -0.05) is 24.3 Å². The predicted molar refractivity (Wildman–Crippen MR) is 121 cm³/mol. The molecule has 0 saturated carbocycles. The second-order valence-electron chi connectivity index (χ2n) is 7.23. The van der Waals surface area contributed by atoms with E-state index in [-0.39, 0.29) is 12.7 Å². The highest BCUT2D eigenvalue weighted by Crippen LogP contribution is 2.20. The molecule has 0 radical (unpaired) electrons. The van der Waals surface area contributed by atoms with Crippen molar-refractivity contribution in [1.82, 2.24) is 10.6 Å². The number of aliphatic imine (C=N–C) groups is 1. The SMILES string of the molecule is CCNC(=NCc1cccc(OCC(N)=O)c1)NCC(O)c1cccc(OC(C)C)c1. The molecule has 8 nitrogen and oxygen atoms in total. The summed E-state index contributed by atoms with van der Waals surface area (Å²) in [5.41, 5.74) is 6.79. The molecule has 0 aromatic heterocycles. The predicted octanol–water partition coefficient (Wildman–Crippen LogP) is 2.13. The second-order valence-corrected chi connectivity index (χ2v) is 7.23. The van der Waals surface area contributed by atoms with Gasteiger partial charge in [-0.2, -0.15) is 0 Å². The molecule has 1 amide bonds. The molecule has 0 aliphatic heterocycles. The lowest BCUT2D eigenvalue weighted by Gasteiger charge is -2.17. The minimum Gasteiger partial charge on any atom is -0.491 e. The van der Waals surface area contributed by atoms with E-state index in [2.05, 4.69) is 15.6 Å². The Labute approximate surface area is 183 Å². The molecule has 0 aliphatic carbocycles. The number of aliphatic hydroxyl groups excluding tert-OH is 1. The van der Waals surface area contributed by atoms with Gasteiger partial charge >= 0.3 is 0 Å². The summed E-state index contributed by atoms with van der Waals surface area (Å²) in [4.78, 5) is 15.4. The van der Waals surface area contributed by atoms with Crippen molar-refractivity contribution in [2.75, 3.05) is 19.7 Å². The Kier molecular flexibility index (Phi) is 9.64. The monoisotopic (exact) mass is 428 g/mol. The molecule has 0 heterocycles. The minimum atomic E-state index is -0.718. The van der Waals surface area contributed by atoms with Gasteiger partial charge in [0.2, 0.25) is 0 Å². The number of aliphatic hydroxyl groups is 1. The van der Waals surface area contributed by atoms with Crippen LogP contribution in [-0.2, 0) is 11.3 Å². The lowest BCUT2D eigenvalue weighted by Crippen LogP contribution is -2.39. The van der Waals surface area contributed by atoms with E-state index in [0.29, 0.717) is 31.3 Å². The van der Waals surface area contributed by atoms with Gasteiger partial charge in [0.1, 0.15) is 11.5 Å². The van der Waals surface area contributed by atoms with Crippen LogP contribution in [0.4, 0.5) is 0 Å². The third-order valence-corrected chi connectivity index (χ3v) is 4.12. The largest absolute Gasteiger partial charge is 0.491 e. The number of carbonyl (C=O) groups excluding carboxylic acids is 1. The van der Waals surface area contributed by atoms with Crippen LogP contribution in [0.25, 0.3) is 0 Å². The number of nitrogens with two attached hydrogens (primary N) is 1. The number of guanidine groups is 1. The standard InChI is InChI=1S/C23H32N4O4/c1-4-25-23(26-13-17-7-5-9-19(11-17)30-15-22(24)29)27-14-21(28)18-8-6-10-20(12-18)31-16(2)3/h5-12,16,21,28H,4,13-15H2,1-3H3,(H2,24,29)(H2,25,26,27). The first kappa shape index (κ1) is 24.0. The number of carbonyl (C=O) groups is 1. The Bertz CT molecular complexity index is 870. The summed E-state index contributed by atoms with van der Waals surface area (Å²) in [5.74, 6) is 1.34. The number of nitrogens with one attached hydrogen (secondary N) is 2. The van der Waals surface area contributed by atoms with Crippen LogP contribution >= 0.6 is 0 Å². The molecule has 0 spiro atoms. The summed E-state index contributed by atoms with van der Waals surface area (Å²) in [5, 5.41) is 16.9. The van der Waals surface area contributed by atoms with E-state index in [1.54, 1.807) is 6.07 Å². The first-order valence-corrected chi connectivity index (χ1v) is 10.3. The fraction of sp³-hybridized carbons (Fsp3) is 0.391. The summed E-state index contributed by atoms with van der Waals surface area (Å²) in [6.07, 6.45) is -0.650. The van der Waals surface area contributed by atoms with Crippen LogP contribution in [0, 0.1) is 0 Å². The van der Waals surface area contributed by atoms with Crippen LogP contribution in [0.15, 0.2) is 53.5 Å². The average Bonchev–Trinajstić information content (AvgIpc) is 2.74. The van der Waals surface area contributed by atoms with E-state index >= 15 is 0 Å². The maximum Gasteiger partial charge on any atom is 0.255 e. The highest BCUT2D eigenvalue weighted by molar-refractivity contribution is 5.79. The molecule has 1 unspecified atom stereocenters. The van der Waals surface area contributed by atoms with Crippen LogP contribution in [0.2, 0.25) is 0 Å². The molecule has 31 heavy (non-hydrogen) atoms. The van der Waals surface area contributed by atoms with Crippen molar-refractivity contribution >= 4 is 11.9 Å². The Morgan fingerprint density at radius 3 is 2.58 bits per heavy atom. The zero-order valence-corrected chi connectivity index (χ0v) is 18.3. The molecule has 168 valence electrons. The molecule has 8 heteroatoms. The quantitative estimate of drug-likeness (QED) is 0.322. The van der Waals surface area contributed by atoms with E-state index in [4.69, 9.17) is 15.2 Å². The van der Waals surface area contributed by atoms with Crippen LogP contribution < -0.4 is 25.8 Å². The first-order valence-electron chi connectivity index (χ1n) is 10.3. The molecular formula is C23H32N4O4. The molecule has 0 fully saturated rings. The van der Waals surface area contributed by atoms with Crippen molar-refractivity contribution in [2.24, 2.45) is 10.7 Å². The Morgan fingerprint density at radius 1 is 1.13 bits per heavy atom. The number of nitrogens with zero attached hydrogens (tertiary/aromatic N) is 1. The maximum atomic E-state index is 10.9. The number of primary amides is 1. The summed E-state index contributed by atoms with van der Waals surface area (Å²) in [7, 11) is 0. The molecule has 1 atom stereocenters. The summed E-state index contributed by atoms with van der Waals surface area (Å²) in [6, 6.07) is 14.8. The maximum absolute atomic E-state index is 10.9. The van der Waals surface area contributed by atoms with Crippen molar-refractivity contribution in [1.29, 1.82) is 0 Å². The van der Waals surface area contributed by atoms with Crippen molar-refractivity contribution in [3.8, 4) is 11.5 Å². The number of hydrogen-bond acceptors (Lipinski definition) is 5. The minimum absolute atomic E-state index is 0.0673. The summed E-state index contributed by atoms with van der Waals surface area (Å²) >= 11 is 0. The normalized spacial score (nSPS) is 12.4. The lowest BCUT2D eigenvalue weighted by molar-refractivity contribution is -0.119. The zero-order chi connectivity index (χ0) is 22.6. The molecule has 2 rings (SSSR count). The van der Waals surface area contributed by atoms with Gasteiger partial charge in [0.25, 0.3) is 5.91 Å². The fourth-order valence-electron chi connectivity index (χ4n) is 2.78. The topological polar surface area (TPSA) is 118 Å². The molecule has 0 bridgehead atoms. The van der Waals surface area contributed by atoms with Gasteiger partial charge < -0.3 is 30.9 Å². The Hall–Kier alpha value is -3.26. The van der Waals surface area contributed by atoms with Crippen LogP contribution in [0.5, 0.6) is 11.5 Å². The van der Waals surface area contributed by atoms with E-state index in [9.17, 15) is 9.90 Å². The molecule has 0 aliphatic rings. The number of hydrogen-bond donors (Lipinski definition) is 4. The van der Waals surface area contributed by atoms with Crippen LogP contribution in [0.1, 0.15) is 38.0 Å². The summed E-state index contributed by atoms with van der Waals surface area (Å²) in [6.45, 7) is 7.10. The van der Waals surface area contributed by atoms with Crippen molar-refractivity contribution in [3.63, 3.8) is 0 Å². The number of rotatable bonds is 11. The van der Waals surface area contributed by atoms with Gasteiger partial charge in [0.05, 0.1) is 18.8 Å². The number of ether oxygens (including phenoxy) is 2. The first-order chi connectivity index (χ1) is 14.9. The molecular weight excluding hydrogens is 396 g/mol. The molecule has 5 N–H and O–H groups in total. The smallest absolute Gasteiger partial charge is 0.255 e. The highest BCUT2D eigenvalue weighted by Gasteiger charge is 2.10. The van der Waals surface area contributed by atoms with Gasteiger partial charge in [-0.3, -0.25) is 4.79 Å². The van der Waals surface area contributed by atoms with E-state index in [1.807, 2.05) is 63.2 Å². The van der Waals surface area contributed by atoms with E-state index in [1.165, 1.54) is 0 Å². The van der Waals surface area contributed by atoms with Gasteiger partial charge in [-0.15, -0.1) is 0 Å². The van der Waals surface area contributed by atoms with Gasteiger partial charge in [-0.05, 0) is 56.2 Å². The third kappa shape index (κ3) is 8.96. The van der Waals surface area contributed by atoms with Gasteiger partial charge in [0.15, 0.2) is 12.6 Å². The second kappa shape index (κ2) is 12.4. The number of amides is 1. The van der Waals surface area contributed by atoms with Crippen molar-refractivity contribution in [3.05, 3.63) is 59.7 Å². The summed E-state index contributed by atoms with van der Waals surface area (Å²) < 4.78 is 11.0. The molecule has 2 aromatic carbocycles. The van der Waals surface area contributed by atoms with Crippen molar-refractivity contribution < 1.29 is 19.4 Å². The zero-order valence-electron chi connectivity index (χ0n) is 18.3. The third-order valence-electron chi connectivity index (χ3n) is 4.12. The van der Waals surface area contributed by atoms with Crippen molar-refractivity contribution in [2.45, 2.75) is 39.5 Å². The Balaban J connectivity index is 1.97. The molecule has 2 aromatic rings. The van der Waals surface area contributed by atoms with E-state index < -0.39 is 12.0 Å².